The zero-order valence-corrected chi connectivity index (χ0v) is 9.54. The standard InChI is InChI=1S/C12H21NO2/c1-2-5-10(11(14)15)13-8-12(9-13)6-3-4-7-12/h10H,2-9H2,1H3,(H,14,15). The number of rotatable bonds is 4. The molecule has 15 heavy (non-hydrogen) atoms. The Balaban J connectivity index is 1.88. The lowest BCUT2D eigenvalue weighted by atomic mass is 9.77. The van der Waals surface area contributed by atoms with Gasteiger partial charge in [-0.3, -0.25) is 9.69 Å². The van der Waals surface area contributed by atoms with Gasteiger partial charge in [0, 0.05) is 13.1 Å². The van der Waals surface area contributed by atoms with E-state index >= 15 is 0 Å². The second-order valence-corrected chi connectivity index (χ2v) is 5.25. The van der Waals surface area contributed by atoms with E-state index in [1.807, 2.05) is 0 Å². The van der Waals surface area contributed by atoms with Crippen molar-refractivity contribution in [1.82, 2.24) is 4.90 Å². The third-order valence-corrected chi connectivity index (χ3v) is 4.03. The summed E-state index contributed by atoms with van der Waals surface area (Å²) in [5, 5.41) is 9.13. The van der Waals surface area contributed by atoms with Crippen LogP contribution in [0.3, 0.4) is 0 Å². The van der Waals surface area contributed by atoms with Crippen LogP contribution in [-0.2, 0) is 4.79 Å². The number of carbonyl (C=O) groups is 1. The zero-order valence-electron chi connectivity index (χ0n) is 9.54. The number of nitrogens with zero attached hydrogens (tertiary/aromatic N) is 1. The maximum absolute atomic E-state index is 11.1. The van der Waals surface area contributed by atoms with Crippen molar-refractivity contribution in [1.29, 1.82) is 0 Å². The summed E-state index contributed by atoms with van der Waals surface area (Å²) in [5.74, 6) is -0.635. The largest absolute Gasteiger partial charge is 0.480 e. The first-order valence-corrected chi connectivity index (χ1v) is 6.14. The smallest absolute Gasteiger partial charge is 0.320 e. The Bertz CT molecular complexity index is 238. The van der Waals surface area contributed by atoms with Crippen LogP contribution in [0, 0.1) is 5.41 Å². The van der Waals surface area contributed by atoms with Gasteiger partial charge in [0.05, 0.1) is 0 Å². The van der Waals surface area contributed by atoms with Crippen molar-refractivity contribution in [3.63, 3.8) is 0 Å². The molecule has 1 saturated heterocycles. The van der Waals surface area contributed by atoms with Gasteiger partial charge >= 0.3 is 5.97 Å². The monoisotopic (exact) mass is 211 g/mol. The molecule has 2 rings (SSSR count). The second-order valence-electron chi connectivity index (χ2n) is 5.25. The molecule has 1 heterocycles. The second kappa shape index (κ2) is 4.12. The molecule has 0 aromatic rings. The molecule has 1 atom stereocenters. The van der Waals surface area contributed by atoms with Crippen molar-refractivity contribution in [2.45, 2.75) is 51.5 Å². The van der Waals surface area contributed by atoms with Crippen LogP contribution in [0.25, 0.3) is 0 Å². The van der Waals surface area contributed by atoms with Gasteiger partial charge in [-0.2, -0.15) is 0 Å². The molecule has 0 amide bonds. The highest BCUT2D eigenvalue weighted by atomic mass is 16.4. The molecular weight excluding hydrogens is 190 g/mol. The van der Waals surface area contributed by atoms with Crippen LogP contribution >= 0.6 is 0 Å². The number of hydrogen-bond acceptors (Lipinski definition) is 2. The van der Waals surface area contributed by atoms with Crippen LogP contribution in [0.4, 0.5) is 0 Å². The predicted molar refractivity (Wildman–Crippen MR) is 58.8 cm³/mol. The Morgan fingerprint density at radius 3 is 2.47 bits per heavy atom. The minimum Gasteiger partial charge on any atom is -0.480 e. The molecule has 1 saturated carbocycles. The van der Waals surface area contributed by atoms with Gasteiger partial charge in [0.1, 0.15) is 6.04 Å². The van der Waals surface area contributed by atoms with Gasteiger partial charge in [0.25, 0.3) is 0 Å². The summed E-state index contributed by atoms with van der Waals surface area (Å²) < 4.78 is 0. The minimum atomic E-state index is -0.635. The summed E-state index contributed by atoms with van der Waals surface area (Å²) in [6, 6.07) is -0.221. The average Bonchev–Trinajstić information content (AvgIpc) is 2.60. The highest BCUT2D eigenvalue weighted by Crippen LogP contribution is 2.46. The van der Waals surface area contributed by atoms with E-state index in [4.69, 9.17) is 5.11 Å². The van der Waals surface area contributed by atoms with E-state index in [2.05, 4.69) is 11.8 Å². The summed E-state index contributed by atoms with van der Waals surface area (Å²) in [6.45, 7) is 4.12. The van der Waals surface area contributed by atoms with E-state index in [1.54, 1.807) is 0 Å². The normalized spacial score (nSPS) is 26.5. The van der Waals surface area contributed by atoms with Crippen LogP contribution in [0.2, 0.25) is 0 Å². The molecule has 2 fully saturated rings. The maximum atomic E-state index is 11.1. The van der Waals surface area contributed by atoms with Gasteiger partial charge in [-0.05, 0) is 24.7 Å². The molecule has 1 spiro atoms. The van der Waals surface area contributed by atoms with E-state index in [-0.39, 0.29) is 6.04 Å². The number of carboxylic acid groups (broad SMARTS) is 1. The van der Waals surface area contributed by atoms with Gasteiger partial charge in [0.15, 0.2) is 0 Å². The first kappa shape index (κ1) is 10.9. The summed E-state index contributed by atoms with van der Waals surface area (Å²) >= 11 is 0. The number of hydrogen-bond donors (Lipinski definition) is 1. The fraction of sp³-hybridized carbons (Fsp3) is 0.917. The van der Waals surface area contributed by atoms with Crippen molar-refractivity contribution in [2.24, 2.45) is 5.41 Å². The van der Waals surface area contributed by atoms with Crippen molar-refractivity contribution in [3.8, 4) is 0 Å². The molecule has 2 aliphatic rings. The Labute approximate surface area is 91.5 Å². The highest BCUT2D eigenvalue weighted by Gasteiger charge is 2.47. The molecule has 1 aliphatic carbocycles. The first-order valence-electron chi connectivity index (χ1n) is 6.14. The Kier molecular flexibility index (Phi) is 3.01. The van der Waals surface area contributed by atoms with Crippen LogP contribution in [-0.4, -0.2) is 35.1 Å². The molecule has 3 nitrogen and oxygen atoms in total. The third-order valence-electron chi connectivity index (χ3n) is 4.03. The molecule has 0 aromatic heterocycles. The van der Waals surface area contributed by atoms with Crippen molar-refractivity contribution < 1.29 is 9.90 Å². The molecular formula is C12H21NO2. The van der Waals surface area contributed by atoms with Gasteiger partial charge < -0.3 is 5.11 Å². The van der Waals surface area contributed by atoms with Crippen molar-refractivity contribution in [2.75, 3.05) is 13.1 Å². The molecule has 0 radical (unpaired) electrons. The van der Waals surface area contributed by atoms with E-state index in [9.17, 15) is 4.79 Å². The number of aliphatic carboxylic acids is 1. The summed E-state index contributed by atoms with van der Waals surface area (Å²) in [4.78, 5) is 13.2. The summed E-state index contributed by atoms with van der Waals surface area (Å²) in [7, 11) is 0. The number of likely N-dealkylation sites (tertiary alicyclic amines) is 1. The molecule has 1 N–H and O–H groups in total. The van der Waals surface area contributed by atoms with Gasteiger partial charge in [-0.25, -0.2) is 0 Å². The van der Waals surface area contributed by atoms with E-state index < -0.39 is 5.97 Å². The fourth-order valence-electron chi connectivity index (χ4n) is 3.21. The van der Waals surface area contributed by atoms with Gasteiger partial charge in [-0.1, -0.05) is 26.2 Å². The lowest BCUT2D eigenvalue weighted by Gasteiger charge is -2.50. The topological polar surface area (TPSA) is 40.5 Å². The van der Waals surface area contributed by atoms with Gasteiger partial charge in [-0.15, -0.1) is 0 Å². The minimum absolute atomic E-state index is 0.221. The lowest BCUT2D eigenvalue weighted by molar-refractivity contribution is -0.149. The van der Waals surface area contributed by atoms with Crippen molar-refractivity contribution in [3.05, 3.63) is 0 Å². The summed E-state index contributed by atoms with van der Waals surface area (Å²) in [5.41, 5.74) is 0.515. The van der Waals surface area contributed by atoms with Gasteiger partial charge in [0.2, 0.25) is 0 Å². The zero-order chi connectivity index (χ0) is 10.9. The molecule has 3 heteroatoms. The highest BCUT2D eigenvalue weighted by molar-refractivity contribution is 5.73. The Morgan fingerprint density at radius 1 is 1.40 bits per heavy atom. The predicted octanol–water partition coefficient (Wildman–Crippen LogP) is 2.12. The van der Waals surface area contributed by atoms with E-state index in [0.29, 0.717) is 5.41 Å². The molecule has 1 unspecified atom stereocenters. The molecule has 86 valence electrons. The fourth-order valence-corrected chi connectivity index (χ4v) is 3.21. The molecule has 1 aliphatic heterocycles. The first-order chi connectivity index (χ1) is 7.17. The van der Waals surface area contributed by atoms with Crippen LogP contribution in [0.5, 0.6) is 0 Å². The maximum Gasteiger partial charge on any atom is 0.320 e. The SMILES string of the molecule is CCCC(C(=O)O)N1CC2(CCCC2)C1. The van der Waals surface area contributed by atoms with E-state index in [0.717, 1.165) is 25.9 Å². The number of carboxylic acids is 1. The van der Waals surface area contributed by atoms with Crippen molar-refractivity contribution >= 4 is 5.97 Å². The molecule has 0 bridgehead atoms. The van der Waals surface area contributed by atoms with E-state index in [1.165, 1.54) is 25.7 Å². The lowest BCUT2D eigenvalue weighted by Crippen LogP contribution is -2.60. The third kappa shape index (κ3) is 2.03. The molecule has 0 aromatic carbocycles. The average molecular weight is 211 g/mol. The van der Waals surface area contributed by atoms with Crippen LogP contribution < -0.4 is 0 Å². The Hall–Kier alpha value is -0.570. The summed E-state index contributed by atoms with van der Waals surface area (Å²) in [6.07, 6.45) is 7.09. The Morgan fingerprint density at radius 2 is 2.00 bits per heavy atom. The van der Waals surface area contributed by atoms with Crippen LogP contribution in [0.15, 0.2) is 0 Å². The quantitative estimate of drug-likeness (QED) is 0.774. The van der Waals surface area contributed by atoms with Crippen LogP contribution in [0.1, 0.15) is 45.4 Å².